The van der Waals surface area contributed by atoms with Crippen molar-refractivity contribution in [1.82, 2.24) is 0 Å². The molecule has 0 radical (unpaired) electrons. The van der Waals surface area contributed by atoms with Crippen LogP contribution in [0.1, 0.15) is 21.5 Å². The van der Waals surface area contributed by atoms with E-state index in [1.165, 1.54) is 0 Å². The minimum Gasteiger partial charge on any atom is -0.496 e. The molecule has 0 aliphatic carbocycles. The molecule has 4 nitrogen and oxygen atoms in total. The summed E-state index contributed by atoms with van der Waals surface area (Å²) in [6.07, 6.45) is 0. The van der Waals surface area contributed by atoms with Crippen LogP contribution in [0.5, 0.6) is 5.75 Å². The molecule has 0 aliphatic heterocycles. The van der Waals surface area contributed by atoms with Gasteiger partial charge in [0.2, 0.25) is 0 Å². The lowest BCUT2D eigenvalue weighted by Crippen LogP contribution is -1.98. The Kier molecular flexibility index (Phi) is 3.72. The first-order valence-electron chi connectivity index (χ1n) is 5.98. The molecule has 0 spiro atoms. The highest BCUT2D eigenvalue weighted by molar-refractivity contribution is 5.90. The number of aryl methyl sites for hydroxylation is 1. The third kappa shape index (κ3) is 2.62. The molecule has 20 heavy (non-hydrogen) atoms. The maximum Gasteiger partial charge on any atom is 0.335 e. The Balaban J connectivity index is 2.67. The van der Waals surface area contributed by atoms with E-state index in [2.05, 4.69) is 6.07 Å². The average molecular weight is 267 g/mol. The summed E-state index contributed by atoms with van der Waals surface area (Å²) in [5.41, 5.74) is 2.97. The first-order valence-corrected chi connectivity index (χ1v) is 5.98. The molecule has 0 saturated heterocycles. The molecule has 1 N–H and O–H groups in total. The zero-order valence-electron chi connectivity index (χ0n) is 11.2. The number of hydrogen-bond donors (Lipinski definition) is 1. The number of benzene rings is 2. The maximum absolute atomic E-state index is 11.1. The molecular weight excluding hydrogens is 254 g/mol. The Morgan fingerprint density at radius 2 is 2.00 bits per heavy atom. The lowest BCUT2D eigenvalue weighted by Gasteiger charge is -2.10. The number of nitriles is 1. The summed E-state index contributed by atoms with van der Waals surface area (Å²) in [7, 11) is 1.54. The van der Waals surface area contributed by atoms with Crippen LogP contribution >= 0.6 is 0 Å². The number of ether oxygens (including phenoxy) is 1. The Labute approximate surface area is 116 Å². The molecule has 0 bridgehead atoms. The highest BCUT2D eigenvalue weighted by Crippen LogP contribution is 2.32. The van der Waals surface area contributed by atoms with Crippen LogP contribution in [-0.4, -0.2) is 18.2 Å². The van der Waals surface area contributed by atoms with Gasteiger partial charge in [0.1, 0.15) is 5.75 Å². The van der Waals surface area contributed by atoms with Crippen LogP contribution in [0.2, 0.25) is 0 Å². The van der Waals surface area contributed by atoms with Gasteiger partial charge < -0.3 is 9.84 Å². The van der Waals surface area contributed by atoms with Crippen molar-refractivity contribution < 1.29 is 14.6 Å². The van der Waals surface area contributed by atoms with Crippen LogP contribution in [0.15, 0.2) is 36.4 Å². The Bertz CT molecular complexity index is 714. The van der Waals surface area contributed by atoms with Crippen molar-refractivity contribution >= 4 is 5.97 Å². The molecule has 0 fully saturated rings. The zero-order chi connectivity index (χ0) is 14.7. The maximum atomic E-state index is 11.1. The first-order chi connectivity index (χ1) is 9.55. The first kappa shape index (κ1) is 13.6. The van der Waals surface area contributed by atoms with Gasteiger partial charge >= 0.3 is 5.97 Å². The summed E-state index contributed by atoms with van der Waals surface area (Å²) in [4.78, 5) is 11.1. The summed E-state index contributed by atoms with van der Waals surface area (Å²) in [6, 6.07) is 12.2. The predicted molar refractivity (Wildman–Crippen MR) is 74.8 cm³/mol. The topological polar surface area (TPSA) is 70.3 Å². The Hall–Kier alpha value is -2.80. The molecule has 0 heterocycles. The molecule has 0 saturated carbocycles. The number of nitrogens with zero attached hydrogens (tertiary/aromatic N) is 1. The number of carboxylic acids is 1. The normalized spacial score (nSPS) is 9.85. The van der Waals surface area contributed by atoms with E-state index in [-0.39, 0.29) is 5.56 Å². The van der Waals surface area contributed by atoms with Crippen LogP contribution in [0, 0.1) is 18.3 Å². The Morgan fingerprint density at radius 3 is 2.60 bits per heavy atom. The second kappa shape index (κ2) is 5.45. The fraction of sp³-hybridized carbons (Fsp3) is 0.125. The highest BCUT2D eigenvalue weighted by atomic mass is 16.5. The number of aromatic carboxylic acids is 1. The molecule has 100 valence electrons. The molecule has 2 rings (SSSR count). The molecule has 0 unspecified atom stereocenters. The van der Waals surface area contributed by atoms with E-state index in [1.807, 2.05) is 13.0 Å². The number of carboxylic acid groups (broad SMARTS) is 1. The highest BCUT2D eigenvalue weighted by Gasteiger charge is 2.11. The molecule has 2 aromatic rings. The van der Waals surface area contributed by atoms with Gasteiger partial charge in [-0.05, 0) is 48.4 Å². The minimum absolute atomic E-state index is 0.212. The monoisotopic (exact) mass is 267 g/mol. The van der Waals surface area contributed by atoms with Gasteiger partial charge in [-0.2, -0.15) is 5.26 Å². The van der Waals surface area contributed by atoms with E-state index < -0.39 is 5.97 Å². The van der Waals surface area contributed by atoms with E-state index in [0.29, 0.717) is 16.9 Å². The number of methoxy groups -OCH3 is 1. The van der Waals surface area contributed by atoms with Gasteiger partial charge in [0.05, 0.1) is 24.3 Å². The van der Waals surface area contributed by atoms with E-state index in [1.54, 1.807) is 37.4 Å². The average Bonchev–Trinajstić information content (AvgIpc) is 2.45. The number of hydrogen-bond acceptors (Lipinski definition) is 3. The summed E-state index contributed by atoms with van der Waals surface area (Å²) in [5.74, 6) is -0.378. The molecule has 0 aliphatic rings. The quantitative estimate of drug-likeness (QED) is 0.926. The van der Waals surface area contributed by atoms with Crippen molar-refractivity contribution in [1.29, 1.82) is 5.26 Å². The van der Waals surface area contributed by atoms with E-state index >= 15 is 0 Å². The van der Waals surface area contributed by atoms with Gasteiger partial charge in [-0.15, -0.1) is 0 Å². The second-order valence-corrected chi connectivity index (χ2v) is 4.42. The molecule has 0 atom stereocenters. The fourth-order valence-corrected chi connectivity index (χ4v) is 2.07. The fourth-order valence-electron chi connectivity index (χ4n) is 2.07. The van der Waals surface area contributed by atoms with Crippen LogP contribution in [0.4, 0.5) is 0 Å². The third-order valence-electron chi connectivity index (χ3n) is 2.96. The van der Waals surface area contributed by atoms with Gasteiger partial charge in [-0.3, -0.25) is 0 Å². The van der Waals surface area contributed by atoms with Crippen molar-refractivity contribution in [3.8, 4) is 22.9 Å². The summed E-state index contributed by atoms with van der Waals surface area (Å²) >= 11 is 0. The standard InChI is InChI=1S/C16H13NO3/c1-10-5-12(8-13(6-10)16(18)19)14-7-11(9-17)3-4-15(14)20-2/h3-8H,1-2H3,(H,18,19). The van der Waals surface area contributed by atoms with Gasteiger partial charge in [0.25, 0.3) is 0 Å². The smallest absolute Gasteiger partial charge is 0.335 e. The van der Waals surface area contributed by atoms with Crippen LogP contribution < -0.4 is 4.74 Å². The second-order valence-electron chi connectivity index (χ2n) is 4.42. The number of carbonyl (C=O) groups is 1. The molecule has 2 aromatic carbocycles. The van der Waals surface area contributed by atoms with Crippen molar-refractivity contribution in [2.24, 2.45) is 0 Å². The summed E-state index contributed by atoms with van der Waals surface area (Å²) < 4.78 is 5.28. The van der Waals surface area contributed by atoms with Crippen molar-refractivity contribution in [2.75, 3.05) is 7.11 Å². The van der Waals surface area contributed by atoms with Crippen molar-refractivity contribution in [3.63, 3.8) is 0 Å². The van der Waals surface area contributed by atoms with Crippen LogP contribution in [-0.2, 0) is 0 Å². The summed E-state index contributed by atoms with van der Waals surface area (Å²) in [5, 5.41) is 18.1. The van der Waals surface area contributed by atoms with Gasteiger partial charge in [0, 0.05) is 5.56 Å². The summed E-state index contributed by atoms with van der Waals surface area (Å²) in [6.45, 7) is 1.83. The SMILES string of the molecule is COc1ccc(C#N)cc1-c1cc(C)cc(C(=O)O)c1. The molecular formula is C16H13NO3. The van der Waals surface area contributed by atoms with E-state index in [4.69, 9.17) is 15.1 Å². The molecule has 0 amide bonds. The lowest BCUT2D eigenvalue weighted by atomic mass is 9.98. The Morgan fingerprint density at radius 1 is 1.25 bits per heavy atom. The van der Waals surface area contributed by atoms with Gasteiger partial charge in [0.15, 0.2) is 0 Å². The number of rotatable bonds is 3. The third-order valence-corrected chi connectivity index (χ3v) is 2.96. The van der Waals surface area contributed by atoms with Crippen LogP contribution in [0.3, 0.4) is 0 Å². The minimum atomic E-state index is -0.981. The largest absolute Gasteiger partial charge is 0.496 e. The predicted octanol–water partition coefficient (Wildman–Crippen LogP) is 3.24. The van der Waals surface area contributed by atoms with E-state index in [9.17, 15) is 4.79 Å². The zero-order valence-corrected chi connectivity index (χ0v) is 11.2. The van der Waals surface area contributed by atoms with Crippen LogP contribution in [0.25, 0.3) is 11.1 Å². The lowest BCUT2D eigenvalue weighted by molar-refractivity contribution is 0.0697. The van der Waals surface area contributed by atoms with E-state index in [0.717, 1.165) is 11.1 Å². The van der Waals surface area contributed by atoms with Crippen molar-refractivity contribution in [2.45, 2.75) is 6.92 Å². The molecule has 0 aromatic heterocycles. The van der Waals surface area contributed by atoms with Gasteiger partial charge in [-0.25, -0.2) is 4.79 Å². The van der Waals surface area contributed by atoms with Crippen molar-refractivity contribution in [3.05, 3.63) is 53.1 Å². The molecule has 4 heteroatoms. The van der Waals surface area contributed by atoms with Gasteiger partial charge in [-0.1, -0.05) is 6.07 Å².